The van der Waals surface area contributed by atoms with Crippen molar-refractivity contribution in [3.05, 3.63) is 89.0 Å². The molecule has 0 unspecified atom stereocenters. The molecule has 1 amide bonds. The molecule has 4 rings (SSSR count). The van der Waals surface area contributed by atoms with Gasteiger partial charge in [-0.25, -0.2) is 4.98 Å². The van der Waals surface area contributed by atoms with E-state index in [0.29, 0.717) is 21.7 Å². The van der Waals surface area contributed by atoms with Crippen molar-refractivity contribution in [2.24, 2.45) is 0 Å². The van der Waals surface area contributed by atoms with Crippen LogP contribution in [0, 0.1) is 0 Å². The number of rotatable bonds is 6. The lowest BCUT2D eigenvalue weighted by atomic mass is 10.1. The zero-order valence-corrected chi connectivity index (χ0v) is 17.2. The van der Waals surface area contributed by atoms with E-state index < -0.39 is 0 Å². The van der Waals surface area contributed by atoms with Crippen molar-refractivity contribution in [1.29, 1.82) is 0 Å². The van der Waals surface area contributed by atoms with Crippen LogP contribution < -0.4 is 10.9 Å². The van der Waals surface area contributed by atoms with E-state index in [1.807, 2.05) is 36.4 Å². The summed E-state index contributed by atoms with van der Waals surface area (Å²) in [6.45, 7) is 2.09. The molecule has 2 aromatic carbocycles. The molecule has 0 aliphatic rings. The molecule has 0 aliphatic heterocycles. The van der Waals surface area contributed by atoms with Gasteiger partial charge in [-0.1, -0.05) is 43.0 Å². The van der Waals surface area contributed by atoms with Gasteiger partial charge >= 0.3 is 0 Å². The Labute approximate surface area is 178 Å². The molecular weight excluding hydrogens is 396 g/mol. The molecule has 150 valence electrons. The molecule has 0 fully saturated rings. The Kier molecular flexibility index (Phi) is 5.90. The third-order valence-corrected chi connectivity index (χ3v) is 5.57. The van der Waals surface area contributed by atoms with Gasteiger partial charge in [0, 0.05) is 11.9 Å². The van der Waals surface area contributed by atoms with Crippen LogP contribution in [0.15, 0.2) is 83.0 Å². The van der Waals surface area contributed by atoms with Crippen molar-refractivity contribution in [3.8, 4) is 5.69 Å². The van der Waals surface area contributed by atoms with Crippen molar-refractivity contribution >= 4 is 34.3 Å². The summed E-state index contributed by atoms with van der Waals surface area (Å²) < 4.78 is 1.50. The largest absolute Gasteiger partial charge is 0.325 e. The van der Waals surface area contributed by atoms with E-state index in [0.717, 1.165) is 12.1 Å². The van der Waals surface area contributed by atoms with Crippen molar-refractivity contribution < 1.29 is 4.79 Å². The molecule has 0 atom stereocenters. The van der Waals surface area contributed by atoms with Crippen molar-refractivity contribution in [1.82, 2.24) is 14.5 Å². The van der Waals surface area contributed by atoms with Gasteiger partial charge in [0.2, 0.25) is 5.91 Å². The summed E-state index contributed by atoms with van der Waals surface area (Å²) >= 11 is 1.22. The second-order valence-corrected chi connectivity index (χ2v) is 7.59. The lowest BCUT2D eigenvalue weighted by Gasteiger charge is -2.13. The highest BCUT2D eigenvalue weighted by molar-refractivity contribution is 7.99. The van der Waals surface area contributed by atoms with Crippen LogP contribution in [0.25, 0.3) is 16.6 Å². The molecule has 2 heterocycles. The number of anilines is 1. The number of nitrogens with one attached hydrogen (secondary N) is 1. The maximum Gasteiger partial charge on any atom is 0.266 e. The number of carbonyl (C=O) groups excluding carboxylic acids is 1. The fourth-order valence-corrected chi connectivity index (χ4v) is 3.89. The number of carbonyl (C=O) groups is 1. The van der Waals surface area contributed by atoms with Gasteiger partial charge in [-0.05, 0) is 48.4 Å². The molecule has 0 radical (unpaired) electrons. The third-order valence-electron chi connectivity index (χ3n) is 4.63. The summed E-state index contributed by atoms with van der Waals surface area (Å²) in [6, 6.07) is 18.5. The van der Waals surface area contributed by atoms with Gasteiger partial charge in [0.05, 0.1) is 28.5 Å². The van der Waals surface area contributed by atoms with Crippen LogP contribution in [0.1, 0.15) is 12.5 Å². The number of aryl methyl sites for hydroxylation is 1. The molecular formula is C23H20N4O2S. The van der Waals surface area contributed by atoms with Gasteiger partial charge in [-0.15, -0.1) is 0 Å². The summed E-state index contributed by atoms with van der Waals surface area (Å²) in [5.41, 5.74) is 2.98. The van der Waals surface area contributed by atoms with Crippen molar-refractivity contribution in [2.75, 3.05) is 11.1 Å². The van der Waals surface area contributed by atoms with Crippen LogP contribution in [0.3, 0.4) is 0 Å². The minimum atomic E-state index is -0.188. The van der Waals surface area contributed by atoms with E-state index in [-0.39, 0.29) is 17.2 Å². The Morgan fingerprint density at radius 1 is 1.07 bits per heavy atom. The van der Waals surface area contributed by atoms with E-state index in [1.54, 1.807) is 36.7 Å². The van der Waals surface area contributed by atoms with Crippen LogP contribution in [0.2, 0.25) is 0 Å². The maximum absolute atomic E-state index is 13.1. The van der Waals surface area contributed by atoms with Gasteiger partial charge in [-0.3, -0.25) is 19.1 Å². The molecule has 2 aromatic heterocycles. The summed E-state index contributed by atoms with van der Waals surface area (Å²) in [5.74, 6) is -0.0370. The number of aromatic nitrogens is 3. The fourth-order valence-electron chi connectivity index (χ4n) is 3.07. The first kappa shape index (κ1) is 19.8. The van der Waals surface area contributed by atoms with Crippen LogP contribution in [-0.4, -0.2) is 26.2 Å². The van der Waals surface area contributed by atoms with Gasteiger partial charge in [0.1, 0.15) is 0 Å². The molecule has 30 heavy (non-hydrogen) atoms. The van der Waals surface area contributed by atoms with E-state index >= 15 is 0 Å². The number of pyridine rings is 1. The average molecular weight is 417 g/mol. The average Bonchev–Trinajstić information content (AvgIpc) is 2.79. The van der Waals surface area contributed by atoms with Gasteiger partial charge in [0.25, 0.3) is 5.56 Å². The monoisotopic (exact) mass is 416 g/mol. The molecule has 0 saturated carbocycles. The highest BCUT2D eigenvalue weighted by Gasteiger charge is 2.15. The highest BCUT2D eigenvalue weighted by atomic mass is 32.2. The van der Waals surface area contributed by atoms with Gasteiger partial charge < -0.3 is 5.32 Å². The zero-order chi connectivity index (χ0) is 20.9. The number of nitrogens with zero attached hydrogens (tertiary/aromatic N) is 3. The SMILES string of the molecule is CCc1ccc(NC(=O)CSc2nc3ccccc3c(=O)n2-c2cccnc2)cc1. The standard InChI is InChI=1S/C23H20N4O2S/c1-2-16-9-11-17(12-10-16)25-21(28)15-30-23-26-20-8-4-3-7-19(20)22(29)27(23)18-6-5-13-24-14-18/h3-14H,2,15H2,1H3,(H,25,28). The number of para-hydroxylation sites is 1. The number of thioether (sulfide) groups is 1. The number of hydrogen-bond acceptors (Lipinski definition) is 5. The summed E-state index contributed by atoms with van der Waals surface area (Å²) in [6.07, 6.45) is 4.20. The normalized spacial score (nSPS) is 10.8. The van der Waals surface area contributed by atoms with Crippen LogP contribution in [-0.2, 0) is 11.2 Å². The van der Waals surface area contributed by atoms with Crippen LogP contribution in [0.5, 0.6) is 0 Å². The van der Waals surface area contributed by atoms with E-state index in [9.17, 15) is 9.59 Å². The molecule has 6 nitrogen and oxygen atoms in total. The Hall–Kier alpha value is -3.45. The Bertz CT molecular complexity index is 1240. The quantitative estimate of drug-likeness (QED) is 0.379. The topological polar surface area (TPSA) is 76.9 Å². The third kappa shape index (κ3) is 4.26. The maximum atomic E-state index is 13.1. The molecule has 4 aromatic rings. The predicted molar refractivity (Wildman–Crippen MR) is 120 cm³/mol. The predicted octanol–water partition coefficient (Wildman–Crippen LogP) is 4.07. The Morgan fingerprint density at radius 2 is 1.87 bits per heavy atom. The van der Waals surface area contributed by atoms with E-state index in [1.165, 1.54) is 21.9 Å². The first-order valence-corrected chi connectivity index (χ1v) is 10.6. The van der Waals surface area contributed by atoms with Gasteiger partial charge in [-0.2, -0.15) is 0 Å². The van der Waals surface area contributed by atoms with Crippen LogP contribution >= 0.6 is 11.8 Å². The smallest absolute Gasteiger partial charge is 0.266 e. The lowest BCUT2D eigenvalue weighted by molar-refractivity contribution is -0.113. The Balaban J connectivity index is 1.61. The molecule has 0 aliphatic carbocycles. The first-order valence-electron chi connectivity index (χ1n) is 9.59. The number of benzene rings is 2. The number of hydrogen-bond donors (Lipinski definition) is 1. The highest BCUT2D eigenvalue weighted by Crippen LogP contribution is 2.21. The summed E-state index contributed by atoms with van der Waals surface area (Å²) in [7, 11) is 0. The minimum Gasteiger partial charge on any atom is -0.325 e. The molecule has 0 bridgehead atoms. The molecule has 7 heteroatoms. The van der Waals surface area contributed by atoms with Crippen molar-refractivity contribution in [3.63, 3.8) is 0 Å². The summed E-state index contributed by atoms with van der Waals surface area (Å²) in [5, 5.41) is 3.85. The van der Waals surface area contributed by atoms with Gasteiger partial charge in [0.15, 0.2) is 5.16 Å². The zero-order valence-electron chi connectivity index (χ0n) is 16.4. The lowest BCUT2D eigenvalue weighted by Crippen LogP contribution is -2.23. The first-order chi connectivity index (χ1) is 14.7. The fraction of sp³-hybridized carbons (Fsp3) is 0.130. The molecule has 1 N–H and O–H groups in total. The van der Waals surface area contributed by atoms with Crippen molar-refractivity contribution in [2.45, 2.75) is 18.5 Å². The second-order valence-electron chi connectivity index (χ2n) is 6.65. The molecule has 0 saturated heterocycles. The Morgan fingerprint density at radius 3 is 2.60 bits per heavy atom. The molecule has 0 spiro atoms. The van der Waals surface area contributed by atoms with E-state index in [2.05, 4.69) is 22.2 Å². The summed E-state index contributed by atoms with van der Waals surface area (Å²) in [4.78, 5) is 34.3. The number of fused-ring (bicyclic) bond motifs is 1. The second kappa shape index (κ2) is 8.92. The van der Waals surface area contributed by atoms with Crippen LogP contribution in [0.4, 0.5) is 5.69 Å². The minimum absolute atomic E-state index is 0.126. The number of amides is 1. The van der Waals surface area contributed by atoms with E-state index in [4.69, 9.17) is 0 Å².